The molecule has 0 aromatic carbocycles. The van der Waals surface area contributed by atoms with Crippen LogP contribution in [0.2, 0.25) is 0 Å². The summed E-state index contributed by atoms with van der Waals surface area (Å²) in [5, 5.41) is -0.142. The van der Waals surface area contributed by atoms with Crippen LogP contribution >= 0.6 is 0 Å². The van der Waals surface area contributed by atoms with Gasteiger partial charge in [-0.3, -0.25) is 4.79 Å². The Hall–Kier alpha value is -0.420. The minimum Gasteiger partial charge on any atom is -0.299 e. The molecule has 3 fully saturated rings. The smallest absolute Gasteiger partial charge is 0.217 e. The van der Waals surface area contributed by atoms with Crippen LogP contribution in [-0.2, 0) is 14.8 Å². The Morgan fingerprint density at radius 2 is 1.78 bits per heavy atom. The minimum atomic E-state index is -3.11. The fourth-order valence-corrected chi connectivity index (χ4v) is 5.59. The first kappa shape index (κ1) is 12.6. The lowest BCUT2D eigenvalue weighted by Gasteiger charge is -2.32. The second-order valence-corrected chi connectivity index (χ2v) is 8.05. The summed E-state index contributed by atoms with van der Waals surface area (Å²) in [6.07, 6.45) is 7.01. The van der Waals surface area contributed by atoms with E-state index in [1.807, 2.05) is 0 Å². The maximum absolute atomic E-state index is 12.4. The third-order valence-corrected chi connectivity index (χ3v) is 7.01. The number of ketones is 1. The third-order valence-electron chi connectivity index (χ3n) is 4.59. The van der Waals surface area contributed by atoms with Gasteiger partial charge in [0.25, 0.3) is 0 Å². The van der Waals surface area contributed by atoms with Crippen molar-refractivity contribution in [1.29, 1.82) is 0 Å². The predicted molar refractivity (Wildman–Crippen MR) is 68.6 cm³/mol. The fraction of sp³-hybridized carbons (Fsp3) is 0.923. The summed E-state index contributed by atoms with van der Waals surface area (Å²) in [7, 11) is -3.11. The lowest BCUT2D eigenvalue weighted by molar-refractivity contribution is -0.126. The van der Waals surface area contributed by atoms with E-state index in [2.05, 4.69) is 0 Å². The molecule has 0 aromatic rings. The average Bonchev–Trinajstić information content (AvgIpc) is 3.09. The molecule has 4 nitrogen and oxygen atoms in total. The predicted octanol–water partition coefficient (Wildman–Crippen LogP) is 1.70. The SMILES string of the molecule is O=C1CCCCC1C1CCCN1S(=O)(=O)C1CC1. The van der Waals surface area contributed by atoms with Crippen LogP contribution in [0.15, 0.2) is 0 Å². The van der Waals surface area contributed by atoms with Crippen LogP contribution in [-0.4, -0.2) is 36.3 Å². The van der Waals surface area contributed by atoms with Crippen LogP contribution < -0.4 is 0 Å². The first-order valence-corrected chi connectivity index (χ1v) is 8.64. The van der Waals surface area contributed by atoms with Crippen LogP contribution in [0.4, 0.5) is 0 Å². The van der Waals surface area contributed by atoms with E-state index in [0.29, 0.717) is 18.7 Å². The molecule has 0 N–H and O–H groups in total. The molecule has 3 aliphatic rings. The molecule has 2 aliphatic carbocycles. The van der Waals surface area contributed by atoms with Gasteiger partial charge in [0.05, 0.1) is 5.25 Å². The molecular weight excluding hydrogens is 250 g/mol. The van der Waals surface area contributed by atoms with Crippen LogP contribution in [0.5, 0.6) is 0 Å². The molecule has 2 unspecified atom stereocenters. The molecule has 5 heteroatoms. The monoisotopic (exact) mass is 271 g/mol. The van der Waals surface area contributed by atoms with Crippen LogP contribution in [0, 0.1) is 5.92 Å². The Balaban J connectivity index is 1.80. The van der Waals surface area contributed by atoms with Gasteiger partial charge < -0.3 is 0 Å². The molecular formula is C13H21NO3S. The summed E-state index contributed by atoms with van der Waals surface area (Å²) in [5.41, 5.74) is 0. The maximum atomic E-state index is 12.4. The first-order chi connectivity index (χ1) is 8.60. The second kappa shape index (κ2) is 4.60. The van der Waals surface area contributed by atoms with E-state index in [-0.39, 0.29) is 17.2 Å². The first-order valence-electron chi connectivity index (χ1n) is 7.14. The van der Waals surface area contributed by atoms with Crippen molar-refractivity contribution in [2.75, 3.05) is 6.54 Å². The minimum absolute atomic E-state index is 0.0187. The van der Waals surface area contributed by atoms with Gasteiger partial charge in [0.2, 0.25) is 10.0 Å². The van der Waals surface area contributed by atoms with E-state index in [1.165, 1.54) is 0 Å². The summed E-state index contributed by atoms with van der Waals surface area (Å²) in [5.74, 6) is 0.277. The quantitative estimate of drug-likeness (QED) is 0.785. The Labute approximate surface area is 109 Å². The fourth-order valence-electron chi connectivity index (χ4n) is 3.46. The molecule has 1 aliphatic heterocycles. The molecule has 2 saturated carbocycles. The van der Waals surface area contributed by atoms with Gasteiger partial charge in [-0.1, -0.05) is 6.42 Å². The van der Waals surface area contributed by atoms with E-state index < -0.39 is 10.0 Å². The molecule has 2 atom stereocenters. The highest BCUT2D eigenvalue weighted by atomic mass is 32.2. The van der Waals surface area contributed by atoms with Crippen LogP contribution in [0.3, 0.4) is 0 Å². The van der Waals surface area contributed by atoms with Crippen molar-refractivity contribution in [3.63, 3.8) is 0 Å². The molecule has 102 valence electrons. The third kappa shape index (κ3) is 2.11. The molecule has 1 saturated heterocycles. The van der Waals surface area contributed by atoms with E-state index in [9.17, 15) is 13.2 Å². The van der Waals surface area contributed by atoms with Crippen molar-refractivity contribution in [2.45, 2.75) is 62.7 Å². The molecule has 0 radical (unpaired) electrons. The normalized spacial score (nSPS) is 35.0. The highest BCUT2D eigenvalue weighted by molar-refractivity contribution is 7.90. The molecule has 3 rings (SSSR count). The Bertz CT molecular complexity index is 441. The summed E-state index contributed by atoms with van der Waals surface area (Å²) in [4.78, 5) is 12.0. The number of hydrogen-bond donors (Lipinski definition) is 0. The second-order valence-electron chi connectivity index (χ2n) is 5.88. The van der Waals surface area contributed by atoms with Crippen molar-refractivity contribution >= 4 is 15.8 Å². The number of carbonyl (C=O) groups is 1. The molecule has 0 spiro atoms. The lowest BCUT2D eigenvalue weighted by atomic mass is 9.82. The Morgan fingerprint density at radius 1 is 1.00 bits per heavy atom. The summed E-state index contributed by atoms with van der Waals surface area (Å²) in [6, 6.07) is -0.0246. The summed E-state index contributed by atoms with van der Waals surface area (Å²) in [6.45, 7) is 0.632. The van der Waals surface area contributed by atoms with Gasteiger partial charge in [0.15, 0.2) is 0 Å². The molecule has 18 heavy (non-hydrogen) atoms. The van der Waals surface area contributed by atoms with E-state index >= 15 is 0 Å². The molecule has 0 amide bonds. The van der Waals surface area contributed by atoms with Crippen molar-refractivity contribution < 1.29 is 13.2 Å². The molecule has 1 heterocycles. The van der Waals surface area contributed by atoms with Gasteiger partial charge in [0.1, 0.15) is 5.78 Å². The summed E-state index contributed by atoms with van der Waals surface area (Å²) < 4.78 is 26.4. The van der Waals surface area contributed by atoms with Gasteiger partial charge in [-0.25, -0.2) is 8.42 Å². The van der Waals surface area contributed by atoms with Crippen molar-refractivity contribution in [1.82, 2.24) is 4.31 Å². The Morgan fingerprint density at radius 3 is 2.44 bits per heavy atom. The number of rotatable bonds is 3. The van der Waals surface area contributed by atoms with Crippen molar-refractivity contribution in [3.05, 3.63) is 0 Å². The van der Waals surface area contributed by atoms with E-state index in [0.717, 1.165) is 44.9 Å². The number of sulfonamides is 1. The van der Waals surface area contributed by atoms with Crippen LogP contribution in [0.1, 0.15) is 51.4 Å². The zero-order chi connectivity index (χ0) is 12.8. The number of nitrogens with zero attached hydrogens (tertiary/aromatic N) is 1. The van der Waals surface area contributed by atoms with E-state index in [4.69, 9.17) is 0 Å². The summed E-state index contributed by atoms with van der Waals surface area (Å²) >= 11 is 0. The highest BCUT2D eigenvalue weighted by Gasteiger charge is 2.47. The van der Waals surface area contributed by atoms with Gasteiger partial charge >= 0.3 is 0 Å². The highest BCUT2D eigenvalue weighted by Crippen LogP contribution is 2.39. The van der Waals surface area contributed by atoms with Crippen LogP contribution in [0.25, 0.3) is 0 Å². The largest absolute Gasteiger partial charge is 0.299 e. The van der Waals surface area contributed by atoms with Gasteiger partial charge in [-0.2, -0.15) is 4.31 Å². The van der Waals surface area contributed by atoms with Gasteiger partial charge in [0, 0.05) is 24.9 Å². The zero-order valence-electron chi connectivity index (χ0n) is 10.7. The Kier molecular flexibility index (Phi) is 3.22. The van der Waals surface area contributed by atoms with Gasteiger partial charge in [-0.05, 0) is 38.5 Å². The molecule has 0 aromatic heterocycles. The maximum Gasteiger partial charge on any atom is 0.217 e. The van der Waals surface area contributed by atoms with Crippen molar-refractivity contribution in [3.8, 4) is 0 Å². The lowest BCUT2D eigenvalue weighted by Crippen LogP contribution is -2.44. The number of Topliss-reactive ketones (excluding diaryl/α,β-unsaturated/α-hetero) is 1. The van der Waals surface area contributed by atoms with Gasteiger partial charge in [-0.15, -0.1) is 0 Å². The number of carbonyl (C=O) groups excluding carboxylic acids is 1. The standard InChI is InChI=1S/C13H21NO3S/c15-13-6-2-1-4-11(13)12-5-3-9-14(12)18(16,17)10-7-8-10/h10-12H,1-9H2. The zero-order valence-corrected chi connectivity index (χ0v) is 11.5. The van der Waals surface area contributed by atoms with Crippen molar-refractivity contribution in [2.24, 2.45) is 5.92 Å². The molecule has 0 bridgehead atoms. The average molecular weight is 271 g/mol. The van der Waals surface area contributed by atoms with E-state index in [1.54, 1.807) is 4.31 Å². The number of hydrogen-bond acceptors (Lipinski definition) is 3. The topological polar surface area (TPSA) is 54.5 Å².